The molecule has 2 aliphatic carbocycles. The molecule has 2 heteroatoms. The van der Waals surface area contributed by atoms with Gasteiger partial charge in [0.1, 0.15) is 0 Å². The van der Waals surface area contributed by atoms with Crippen molar-refractivity contribution in [1.82, 2.24) is 0 Å². The second-order valence-corrected chi connectivity index (χ2v) is 3.51. The number of aliphatic carboxylic acids is 1. The van der Waals surface area contributed by atoms with Crippen LogP contribution >= 0.6 is 0 Å². The second kappa shape index (κ2) is 3.23. The third-order valence-electron chi connectivity index (χ3n) is 2.67. The Kier molecular flexibility index (Phi) is 2.07. The predicted molar refractivity (Wildman–Crippen MR) is 49.3 cm³/mol. The number of hydrogen-bond donors (Lipinski definition) is 1. The Morgan fingerprint density at radius 2 is 2.46 bits per heavy atom. The van der Waals surface area contributed by atoms with Crippen molar-refractivity contribution >= 4 is 5.97 Å². The summed E-state index contributed by atoms with van der Waals surface area (Å²) in [5.41, 5.74) is 5.23. The average Bonchev–Trinajstić information content (AvgIpc) is 2.17. The third kappa shape index (κ3) is 1.45. The lowest BCUT2D eigenvalue weighted by molar-refractivity contribution is -0.140. The van der Waals surface area contributed by atoms with E-state index in [-0.39, 0.29) is 5.92 Å². The molecule has 0 amide bonds. The van der Waals surface area contributed by atoms with Crippen LogP contribution in [0.1, 0.15) is 25.7 Å². The number of carbonyl (C=O) groups is 1. The van der Waals surface area contributed by atoms with Crippen molar-refractivity contribution in [2.45, 2.75) is 25.7 Å². The molecular formula is C11H12O2. The highest BCUT2D eigenvalue weighted by atomic mass is 16.4. The van der Waals surface area contributed by atoms with Gasteiger partial charge in [-0.25, -0.2) is 0 Å². The van der Waals surface area contributed by atoms with E-state index in [0.717, 1.165) is 31.3 Å². The fourth-order valence-corrected chi connectivity index (χ4v) is 2.02. The zero-order chi connectivity index (χ0) is 9.26. The third-order valence-corrected chi connectivity index (χ3v) is 2.67. The highest BCUT2D eigenvalue weighted by Crippen LogP contribution is 2.34. The molecule has 2 nitrogen and oxygen atoms in total. The first-order valence-electron chi connectivity index (χ1n) is 4.66. The van der Waals surface area contributed by atoms with Crippen LogP contribution < -0.4 is 0 Å². The Bertz CT molecular complexity index is 330. The van der Waals surface area contributed by atoms with E-state index in [1.54, 1.807) is 0 Å². The van der Waals surface area contributed by atoms with Crippen molar-refractivity contribution in [2.75, 3.05) is 0 Å². The molecule has 1 fully saturated rings. The molecule has 2 rings (SSSR count). The maximum atomic E-state index is 10.9. The van der Waals surface area contributed by atoms with E-state index in [9.17, 15) is 4.79 Å². The molecule has 68 valence electrons. The quantitative estimate of drug-likeness (QED) is 0.622. The van der Waals surface area contributed by atoms with Gasteiger partial charge in [0.15, 0.2) is 0 Å². The lowest BCUT2D eigenvalue weighted by Gasteiger charge is -2.24. The standard InChI is InChI=1S/C11H12O2/c12-11(13)10-7-3-5-8-4-1-2-6-9(8)10/h2,4,10H,1,3,5,7H2,(H,12,13). The normalized spacial score (nSPS) is 26.0. The van der Waals surface area contributed by atoms with Crippen LogP contribution in [-0.4, -0.2) is 11.1 Å². The van der Waals surface area contributed by atoms with Gasteiger partial charge in [-0.05, 0) is 37.3 Å². The molecule has 0 saturated heterocycles. The number of allylic oxidation sites excluding steroid dienone is 2. The summed E-state index contributed by atoms with van der Waals surface area (Å²) in [5.74, 6) is -1.01. The Morgan fingerprint density at radius 3 is 3.23 bits per heavy atom. The van der Waals surface area contributed by atoms with Gasteiger partial charge < -0.3 is 5.11 Å². The molecule has 0 heterocycles. The van der Waals surface area contributed by atoms with Crippen molar-refractivity contribution in [3.05, 3.63) is 29.0 Å². The molecular weight excluding hydrogens is 164 g/mol. The Morgan fingerprint density at radius 1 is 1.62 bits per heavy atom. The summed E-state index contributed by atoms with van der Waals surface area (Å²) in [7, 11) is 0. The second-order valence-electron chi connectivity index (χ2n) is 3.51. The molecule has 1 saturated carbocycles. The van der Waals surface area contributed by atoms with Crippen LogP contribution in [0.4, 0.5) is 0 Å². The topological polar surface area (TPSA) is 37.3 Å². The summed E-state index contributed by atoms with van der Waals surface area (Å²) >= 11 is 0. The van der Waals surface area contributed by atoms with E-state index in [4.69, 9.17) is 5.11 Å². The maximum absolute atomic E-state index is 10.9. The predicted octanol–water partition coefficient (Wildman–Crippen LogP) is 2.28. The van der Waals surface area contributed by atoms with Gasteiger partial charge in [-0.2, -0.15) is 0 Å². The highest BCUT2D eigenvalue weighted by molar-refractivity contribution is 5.75. The largest absolute Gasteiger partial charge is 0.481 e. The molecule has 0 spiro atoms. The summed E-state index contributed by atoms with van der Waals surface area (Å²) in [4.78, 5) is 10.9. The van der Waals surface area contributed by atoms with Crippen molar-refractivity contribution in [2.24, 2.45) is 5.92 Å². The first-order chi connectivity index (χ1) is 6.29. The number of fused-ring (bicyclic) bond motifs is 1. The SMILES string of the molecule is O=C(O)C1CCCC2=CCC=C=C21. The van der Waals surface area contributed by atoms with Gasteiger partial charge in [0.2, 0.25) is 0 Å². The zero-order valence-electron chi connectivity index (χ0n) is 7.42. The van der Waals surface area contributed by atoms with E-state index in [1.165, 1.54) is 5.57 Å². The van der Waals surface area contributed by atoms with Crippen molar-refractivity contribution in [3.63, 3.8) is 0 Å². The van der Waals surface area contributed by atoms with Crippen LogP contribution in [0.3, 0.4) is 0 Å². The maximum Gasteiger partial charge on any atom is 0.311 e. The minimum atomic E-state index is -0.705. The van der Waals surface area contributed by atoms with E-state index in [2.05, 4.69) is 11.8 Å². The fourth-order valence-electron chi connectivity index (χ4n) is 2.02. The van der Waals surface area contributed by atoms with Gasteiger partial charge in [0, 0.05) is 5.57 Å². The van der Waals surface area contributed by atoms with Gasteiger partial charge >= 0.3 is 5.97 Å². The summed E-state index contributed by atoms with van der Waals surface area (Å²) in [6.07, 6.45) is 7.74. The van der Waals surface area contributed by atoms with Gasteiger partial charge in [0.25, 0.3) is 0 Å². The number of carboxylic acids is 1. The first kappa shape index (κ1) is 8.33. The Labute approximate surface area is 77.3 Å². The Balaban J connectivity index is 2.36. The molecule has 2 aliphatic rings. The van der Waals surface area contributed by atoms with Gasteiger partial charge in [-0.15, -0.1) is 5.73 Å². The van der Waals surface area contributed by atoms with Crippen molar-refractivity contribution < 1.29 is 9.90 Å². The van der Waals surface area contributed by atoms with Gasteiger partial charge in [-0.3, -0.25) is 4.79 Å². The molecule has 0 bridgehead atoms. The van der Waals surface area contributed by atoms with E-state index in [1.807, 2.05) is 6.08 Å². The van der Waals surface area contributed by atoms with Crippen LogP contribution in [0.2, 0.25) is 0 Å². The minimum absolute atomic E-state index is 0.309. The van der Waals surface area contributed by atoms with Crippen LogP contribution in [0, 0.1) is 5.92 Å². The van der Waals surface area contributed by atoms with Crippen LogP contribution in [-0.2, 0) is 4.79 Å². The summed E-state index contributed by atoms with van der Waals surface area (Å²) in [6.45, 7) is 0. The monoisotopic (exact) mass is 176 g/mol. The van der Waals surface area contributed by atoms with Gasteiger partial charge in [-0.1, -0.05) is 6.08 Å². The molecule has 1 N–H and O–H groups in total. The summed E-state index contributed by atoms with van der Waals surface area (Å²) in [5, 5.41) is 8.98. The van der Waals surface area contributed by atoms with E-state index in [0.29, 0.717) is 0 Å². The lowest BCUT2D eigenvalue weighted by atomic mass is 9.79. The van der Waals surface area contributed by atoms with Crippen LogP contribution in [0.15, 0.2) is 29.0 Å². The first-order valence-corrected chi connectivity index (χ1v) is 4.66. The van der Waals surface area contributed by atoms with E-state index < -0.39 is 5.97 Å². The molecule has 0 radical (unpaired) electrons. The molecule has 0 aromatic heterocycles. The van der Waals surface area contributed by atoms with Gasteiger partial charge in [0.05, 0.1) is 5.92 Å². The smallest absolute Gasteiger partial charge is 0.311 e. The lowest BCUT2D eigenvalue weighted by Crippen LogP contribution is -2.21. The minimum Gasteiger partial charge on any atom is -0.481 e. The molecule has 1 atom stereocenters. The van der Waals surface area contributed by atoms with Crippen LogP contribution in [0.5, 0.6) is 0 Å². The number of rotatable bonds is 1. The number of hydrogen-bond acceptors (Lipinski definition) is 1. The summed E-state index contributed by atoms with van der Waals surface area (Å²) in [6, 6.07) is 0. The number of carboxylic acid groups (broad SMARTS) is 1. The Hall–Kier alpha value is -1.27. The summed E-state index contributed by atoms with van der Waals surface area (Å²) < 4.78 is 0. The highest BCUT2D eigenvalue weighted by Gasteiger charge is 2.28. The molecule has 0 aromatic carbocycles. The van der Waals surface area contributed by atoms with Crippen molar-refractivity contribution in [3.8, 4) is 0 Å². The van der Waals surface area contributed by atoms with Crippen LogP contribution in [0.25, 0.3) is 0 Å². The molecule has 1 unspecified atom stereocenters. The zero-order valence-corrected chi connectivity index (χ0v) is 7.42. The fraction of sp³-hybridized carbons (Fsp3) is 0.455. The average molecular weight is 176 g/mol. The molecule has 0 aromatic rings. The van der Waals surface area contributed by atoms with Crippen molar-refractivity contribution in [1.29, 1.82) is 0 Å². The molecule has 0 aliphatic heterocycles. The molecule has 13 heavy (non-hydrogen) atoms. The van der Waals surface area contributed by atoms with E-state index >= 15 is 0 Å².